The van der Waals surface area contributed by atoms with Gasteiger partial charge in [0.2, 0.25) is 0 Å². The second kappa shape index (κ2) is 13.3. The van der Waals surface area contributed by atoms with E-state index in [4.69, 9.17) is 27.2 Å². The number of carboxylic acid groups (broad SMARTS) is 1. The van der Waals surface area contributed by atoms with Crippen molar-refractivity contribution in [3.8, 4) is 11.1 Å². The lowest BCUT2D eigenvalue weighted by atomic mass is 9.79. The number of benzene rings is 3. The number of carbonyl (C=O) groups is 2. The van der Waals surface area contributed by atoms with Gasteiger partial charge in [-0.3, -0.25) is 4.79 Å². The molecule has 9 heteroatoms. The highest BCUT2D eigenvalue weighted by molar-refractivity contribution is 6.33. The lowest BCUT2D eigenvalue weighted by molar-refractivity contribution is -0.146. The van der Waals surface area contributed by atoms with Gasteiger partial charge in [-0.05, 0) is 59.7 Å². The quantitative estimate of drug-likeness (QED) is 0.262. The topological polar surface area (TPSA) is 125 Å². The highest BCUT2D eigenvalue weighted by Gasteiger charge is 2.44. The molecular weight excluding hydrogens is 530 g/mol. The molecule has 1 saturated heterocycles. The third-order valence-corrected chi connectivity index (χ3v) is 7.75. The lowest BCUT2D eigenvalue weighted by Crippen LogP contribution is -2.54. The van der Waals surface area contributed by atoms with Crippen molar-refractivity contribution in [1.29, 1.82) is 0 Å². The molecule has 212 valence electrons. The first kappa shape index (κ1) is 29.6. The number of amides is 2. The second-order valence-corrected chi connectivity index (χ2v) is 10.4. The van der Waals surface area contributed by atoms with Gasteiger partial charge in [0.25, 0.3) is 5.91 Å². The van der Waals surface area contributed by atoms with Crippen LogP contribution < -0.4 is 11.1 Å². The summed E-state index contributed by atoms with van der Waals surface area (Å²) in [6.07, 6.45) is -0.530. The number of hydrogen-bond acceptors (Lipinski definition) is 5. The van der Waals surface area contributed by atoms with Crippen LogP contribution in [0.1, 0.15) is 46.8 Å². The third-order valence-electron chi connectivity index (χ3n) is 7.44. The zero-order valence-corrected chi connectivity index (χ0v) is 23.4. The van der Waals surface area contributed by atoms with E-state index in [1.54, 1.807) is 29.2 Å². The smallest absolute Gasteiger partial charge is 0.404 e. The average Bonchev–Trinajstić information content (AvgIpc) is 2.98. The second-order valence-electron chi connectivity index (χ2n) is 9.99. The van der Waals surface area contributed by atoms with Crippen LogP contribution in [0.4, 0.5) is 4.79 Å². The molecule has 5 N–H and O–H groups in total. The summed E-state index contributed by atoms with van der Waals surface area (Å²) >= 11 is 6.78. The van der Waals surface area contributed by atoms with Crippen LogP contribution in [0.25, 0.3) is 11.1 Å². The monoisotopic (exact) mass is 565 g/mol. The van der Waals surface area contributed by atoms with Crippen molar-refractivity contribution in [1.82, 2.24) is 10.2 Å². The third kappa shape index (κ3) is 6.64. The lowest BCUT2D eigenvalue weighted by Gasteiger charge is -2.43. The molecule has 4 rings (SSSR count). The summed E-state index contributed by atoms with van der Waals surface area (Å²) in [6, 6.07) is 20.6. The minimum atomic E-state index is -1.56. The Hall–Kier alpha value is -3.43. The zero-order chi connectivity index (χ0) is 28.7. The summed E-state index contributed by atoms with van der Waals surface area (Å²) in [7, 11) is 0. The molecule has 0 aromatic heterocycles. The number of aryl methyl sites for hydroxylation is 1. The number of morpholine rings is 1. The molecule has 1 aliphatic rings. The van der Waals surface area contributed by atoms with Crippen molar-refractivity contribution in [3.63, 3.8) is 0 Å². The molecule has 3 aromatic carbocycles. The molecule has 0 spiro atoms. The van der Waals surface area contributed by atoms with E-state index in [9.17, 15) is 14.7 Å². The Morgan fingerprint density at radius 2 is 1.88 bits per heavy atom. The molecule has 1 heterocycles. The van der Waals surface area contributed by atoms with Gasteiger partial charge < -0.3 is 30.9 Å². The Kier molecular flexibility index (Phi) is 9.81. The maximum atomic E-state index is 13.4. The van der Waals surface area contributed by atoms with Crippen molar-refractivity contribution in [2.45, 2.75) is 44.4 Å². The Morgan fingerprint density at radius 3 is 2.58 bits per heavy atom. The van der Waals surface area contributed by atoms with Gasteiger partial charge in [-0.25, -0.2) is 4.79 Å². The van der Waals surface area contributed by atoms with E-state index in [-0.39, 0.29) is 32.0 Å². The Labute approximate surface area is 239 Å². The van der Waals surface area contributed by atoms with Gasteiger partial charge in [-0.15, -0.1) is 0 Å². The Bertz CT molecular complexity index is 1330. The molecule has 1 aliphatic heterocycles. The van der Waals surface area contributed by atoms with Gasteiger partial charge in [0.05, 0.1) is 13.2 Å². The Balaban J connectivity index is 1.71. The molecule has 0 aliphatic carbocycles. The number of aliphatic hydroxyl groups is 1. The number of nitrogens with one attached hydrogen (secondary N) is 1. The van der Waals surface area contributed by atoms with Gasteiger partial charge in [-0.1, -0.05) is 67.1 Å². The van der Waals surface area contributed by atoms with Crippen molar-refractivity contribution < 1.29 is 24.5 Å². The molecule has 0 saturated carbocycles. The summed E-state index contributed by atoms with van der Waals surface area (Å²) < 4.78 is 6.16. The first-order valence-corrected chi connectivity index (χ1v) is 13.9. The van der Waals surface area contributed by atoms with E-state index in [1.807, 2.05) is 36.4 Å². The maximum Gasteiger partial charge on any atom is 0.404 e. The van der Waals surface area contributed by atoms with E-state index in [0.29, 0.717) is 41.2 Å². The molecule has 8 nitrogen and oxygen atoms in total. The number of carbonyl (C=O) groups excluding carboxylic acids is 1. The van der Waals surface area contributed by atoms with Crippen LogP contribution in [0.15, 0.2) is 66.7 Å². The van der Waals surface area contributed by atoms with Crippen LogP contribution in [0, 0.1) is 0 Å². The highest BCUT2D eigenvalue weighted by atomic mass is 35.5. The van der Waals surface area contributed by atoms with Gasteiger partial charge in [0.15, 0.2) is 0 Å². The summed E-state index contributed by atoms with van der Waals surface area (Å²) in [5, 5.41) is 24.4. The maximum absolute atomic E-state index is 13.4. The fourth-order valence-electron chi connectivity index (χ4n) is 5.24. The van der Waals surface area contributed by atoms with Crippen LogP contribution in [-0.4, -0.2) is 59.5 Å². The van der Waals surface area contributed by atoms with Crippen molar-refractivity contribution in [2.75, 3.05) is 26.2 Å². The zero-order valence-electron chi connectivity index (χ0n) is 22.6. The molecule has 0 bridgehead atoms. The molecular formula is C31H36ClN3O5. The summed E-state index contributed by atoms with van der Waals surface area (Å²) in [6.45, 7) is 3.40. The minimum Gasteiger partial charge on any atom is -0.465 e. The summed E-state index contributed by atoms with van der Waals surface area (Å²) in [5.41, 5.74) is 8.87. The van der Waals surface area contributed by atoms with Crippen molar-refractivity contribution in [3.05, 3.63) is 94.0 Å². The molecule has 0 radical (unpaired) electrons. The molecule has 1 fully saturated rings. The fraction of sp³-hybridized carbons (Fsp3) is 0.355. The predicted molar refractivity (Wildman–Crippen MR) is 155 cm³/mol. The highest BCUT2D eigenvalue weighted by Crippen LogP contribution is 2.43. The number of hydrogen-bond donors (Lipinski definition) is 4. The van der Waals surface area contributed by atoms with Crippen molar-refractivity contribution in [2.24, 2.45) is 5.73 Å². The van der Waals surface area contributed by atoms with E-state index >= 15 is 0 Å². The van der Waals surface area contributed by atoms with Gasteiger partial charge in [0.1, 0.15) is 11.7 Å². The average molecular weight is 566 g/mol. The molecule has 3 aromatic rings. The van der Waals surface area contributed by atoms with Gasteiger partial charge >= 0.3 is 6.09 Å². The summed E-state index contributed by atoms with van der Waals surface area (Å²) in [4.78, 5) is 26.2. The first-order chi connectivity index (χ1) is 19.3. The largest absolute Gasteiger partial charge is 0.465 e. The number of nitrogens with two attached hydrogens (primary N) is 1. The van der Waals surface area contributed by atoms with Crippen LogP contribution in [0.2, 0.25) is 5.02 Å². The molecule has 2 unspecified atom stereocenters. The van der Waals surface area contributed by atoms with Crippen LogP contribution in [-0.2, 0) is 23.3 Å². The standard InChI is InChI=1S/C31H36ClN3O5/c1-2-21-6-3-7-24(18-21)28-25(8-4-9-26(28)32)31(39,14-5-15-34-30(37)38)27-20-35(16-17-40-27)29(36)23-12-10-22(19-33)11-13-23/h3-4,6-13,18,27,34,39H,2,5,14-17,19-20,33H2,1H3,(H,37,38). The van der Waals surface area contributed by atoms with Crippen LogP contribution >= 0.6 is 11.6 Å². The first-order valence-electron chi connectivity index (χ1n) is 13.5. The van der Waals surface area contributed by atoms with Crippen LogP contribution in [0.5, 0.6) is 0 Å². The van der Waals surface area contributed by atoms with Gasteiger partial charge in [0, 0.05) is 35.8 Å². The molecule has 2 amide bonds. The van der Waals surface area contributed by atoms with E-state index in [0.717, 1.165) is 23.1 Å². The predicted octanol–water partition coefficient (Wildman–Crippen LogP) is 4.80. The summed E-state index contributed by atoms with van der Waals surface area (Å²) in [5.74, 6) is -0.159. The SMILES string of the molecule is CCc1cccc(-c2c(Cl)cccc2C(O)(CCCNC(=O)O)C2CN(C(=O)c3ccc(CN)cc3)CCO2)c1. The number of nitrogens with zero attached hydrogens (tertiary/aromatic N) is 1. The Morgan fingerprint density at radius 1 is 1.12 bits per heavy atom. The van der Waals surface area contributed by atoms with E-state index in [1.165, 1.54) is 0 Å². The number of ether oxygens (including phenoxy) is 1. The minimum absolute atomic E-state index is 0.154. The van der Waals surface area contributed by atoms with Crippen molar-refractivity contribution >= 4 is 23.6 Å². The van der Waals surface area contributed by atoms with E-state index in [2.05, 4.69) is 18.3 Å². The number of rotatable bonds is 10. The van der Waals surface area contributed by atoms with E-state index < -0.39 is 17.8 Å². The molecule has 40 heavy (non-hydrogen) atoms. The van der Waals surface area contributed by atoms with Crippen LogP contribution in [0.3, 0.4) is 0 Å². The molecule has 2 atom stereocenters. The fourth-order valence-corrected chi connectivity index (χ4v) is 5.52. The van der Waals surface area contributed by atoms with Gasteiger partial charge in [-0.2, -0.15) is 0 Å². The number of halogens is 1. The normalized spacial score (nSPS) is 16.8.